The molecule has 0 amide bonds. The third-order valence-electron chi connectivity index (χ3n) is 4.31. The molecule has 0 N–H and O–H groups in total. The van der Waals surface area contributed by atoms with Gasteiger partial charge in [-0.3, -0.25) is 0 Å². The molecule has 152 valence electrons. The fourth-order valence-electron chi connectivity index (χ4n) is 2.67. The number of aryl methyl sites for hydroxylation is 1. The van der Waals surface area contributed by atoms with Crippen molar-refractivity contribution in [2.24, 2.45) is 0 Å². The van der Waals surface area contributed by atoms with Crippen LogP contribution < -0.4 is 4.74 Å². The van der Waals surface area contributed by atoms with Crippen molar-refractivity contribution in [2.45, 2.75) is 26.6 Å². The lowest BCUT2D eigenvalue weighted by Crippen LogP contribution is -2.10. The quantitative estimate of drug-likeness (QED) is 0.388. The molecule has 2 heterocycles. The number of hydrogen-bond acceptors (Lipinski definition) is 8. The molecule has 0 bridgehead atoms. The van der Waals surface area contributed by atoms with E-state index in [4.69, 9.17) is 13.9 Å². The SMILES string of the molecule is Cc1ccc(-c2nnc(C(C)OC(=O)c3cccc(OCc4cscn4)c3)o2)cc1. The summed E-state index contributed by atoms with van der Waals surface area (Å²) in [4.78, 5) is 16.7. The number of carbonyl (C=O) groups excluding carboxylic acids is 1. The molecule has 4 aromatic rings. The van der Waals surface area contributed by atoms with E-state index in [1.807, 2.05) is 36.6 Å². The highest BCUT2D eigenvalue weighted by Gasteiger charge is 2.20. The van der Waals surface area contributed by atoms with E-state index in [9.17, 15) is 4.79 Å². The molecule has 7 nitrogen and oxygen atoms in total. The average molecular weight is 421 g/mol. The molecule has 8 heteroatoms. The molecular formula is C22H19N3O4S. The molecule has 0 fully saturated rings. The Balaban J connectivity index is 1.40. The highest BCUT2D eigenvalue weighted by Crippen LogP contribution is 2.24. The minimum Gasteiger partial charge on any atom is -0.487 e. The van der Waals surface area contributed by atoms with Crippen LogP contribution in [-0.2, 0) is 11.3 Å². The number of aromatic nitrogens is 3. The maximum atomic E-state index is 12.5. The summed E-state index contributed by atoms with van der Waals surface area (Å²) in [6.07, 6.45) is -0.691. The highest BCUT2D eigenvalue weighted by atomic mass is 32.1. The minimum absolute atomic E-state index is 0.231. The largest absolute Gasteiger partial charge is 0.487 e. The molecule has 1 unspecified atom stereocenters. The van der Waals surface area contributed by atoms with Gasteiger partial charge in [-0.15, -0.1) is 21.5 Å². The number of carbonyl (C=O) groups is 1. The van der Waals surface area contributed by atoms with Crippen LogP contribution in [0.4, 0.5) is 0 Å². The number of thiazole rings is 1. The van der Waals surface area contributed by atoms with Crippen LogP contribution in [0.3, 0.4) is 0 Å². The smallest absolute Gasteiger partial charge is 0.339 e. The summed E-state index contributed by atoms with van der Waals surface area (Å²) in [5.74, 6) is 0.668. The molecule has 0 saturated carbocycles. The molecule has 0 aliphatic carbocycles. The van der Waals surface area contributed by atoms with Crippen LogP contribution >= 0.6 is 11.3 Å². The first-order valence-electron chi connectivity index (χ1n) is 9.30. The van der Waals surface area contributed by atoms with Gasteiger partial charge in [-0.1, -0.05) is 23.8 Å². The summed E-state index contributed by atoms with van der Waals surface area (Å²) in [5, 5.41) is 9.97. The van der Waals surface area contributed by atoms with Gasteiger partial charge in [0.05, 0.1) is 16.8 Å². The van der Waals surface area contributed by atoms with E-state index in [-0.39, 0.29) is 5.89 Å². The Morgan fingerprint density at radius 1 is 1.17 bits per heavy atom. The Morgan fingerprint density at radius 2 is 2.00 bits per heavy atom. The Morgan fingerprint density at radius 3 is 2.77 bits per heavy atom. The number of nitrogens with zero attached hydrogens (tertiary/aromatic N) is 3. The molecule has 30 heavy (non-hydrogen) atoms. The maximum Gasteiger partial charge on any atom is 0.339 e. The summed E-state index contributed by atoms with van der Waals surface area (Å²) in [7, 11) is 0. The lowest BCUT2D eigenvalue weighted by atomic mass is 10.1. The third kappa shape index (κ3) is 4.72. The van der Waals surface area contributed by atoms with E-state index >= 15 is 0 Å². The normalized spacial score (nSPS) is 11.8. The lowest BCUT2D eigenvalue weighted by molar-refractivity contribution is 0.0279. The summed E-state index contributed by atoms with van der Waals surface area (Å²) >= 11 is 1.50. The number of rotatable bonds is 7. The van der Waals surface area contributed by atoms with E-state index in [1.165, 1.54) is 11.3 Å². The van der Waals surface area contributed by atoms with Crippen molar-refractivity contribution >= 4 is 17.3 Å². The van der Waals surface area contributed by atoms with Gasteiger partial charge in [0.2, 0.25) is 5.89 Å². The molecule has 2 aromatic carbocycles. The molecular weight excluding hydrogens is 402 g/mol. The molecule has 0 spiro atoms. The van der Waals surface area contributed by atoms with Crippen LogP contribution in [0, 0.1) is 6.92 Å². The van der Waals surface area contributed by atoms with Gasteiger partial charge in [0.15, 0.2) is 6.10 Å². The third-order valence-corrected chi connectivity index (χ3v) is 4.95. The van der Waals surface area contributed by atoms with Gasteiger partial charge in [-0.2, -0.15) is 0 Å². The van der Waals surface area contributed by atoms with Crippen molar-refractivity contribution in [1.82, 2.24) is 15.2 Å². The minimum atomic E-state index is -0.691. The van der Waals surface area contributed by atoms with Crippen molar-refractivity contribution < 1.29 is 18.7 Å². The zero-order valence-corrected chi connectivity index (χ0v) is 17.3. The van der Waals surface area contributed by atoms with Crippen LogP contribution in [-0.4, -0.2) is 21.2 Å². The molecule has 4 rings (SSSR count). The van der Waals surface area contributed by atoms with Gasteiger partial charge in [0, 0.05) is 10.9 Å². The van der Waals surface area contributed by atoms with E-state index in [0.717, 1.165) is 16.8 Å². The zero-order valence-electron chi connectivity index (χ0n) is 16.4. The lowest BCUT2D eigenvalue weighted by Gasteiger charge is -2.10. The van der Waals surface area contributed by atoms with Crippen molar-refractivity contribution in [3.05, 3.63) is 82.1 Å². The van der Waals surface area contributed by atoms with Crippen LogP contribution in [0.2, 0.25) is 0 Å². The van der Waals surface area contributed by atoms with Gasteiger partial charge < -0.3 is 13.9 Å². The maximum absolute atomic E-state index is 12.5. The highest BCUT2D eigenvalue weighted by molar-refractivity contribution is 7.07. The van der Waals surface area contributed by atoms with Crippen molar-refractivity contribution in [3.8, 4) is 17.2 Å². The second-order valence-electron chi connectivity index (χ2n) is 6.66. The second-order valence-corrected chi connectivity index (χ2v) is 7.37. The molecule has 0 aliphatic rings. The van der Waals surface area contributed by atoms with Gasteiger partial charge >= 0.3 is 5.97 Å². The Bertz CT molecular complexity index is 1120. The standard InChI is InChI=1S/C22H19N3O4S/c1-14-6-8-16(9-7-14)21-25-24-20(29-21)15(2)28-22(26)17-4-3-5-19(10-17)27-11-18-12-30-13-23-18/h3-10,12-13,15H,11H2,1-2H3. The molecule has 2 aromatic heterocycles. The number of hydrogen-bond donors (Lipinski definition) is 0. The van der Waals surface area contributed by atoms with Crippen LogP contribution in [0.1, 0.15) is 40.5 Å². The Kier molecular flexibility index (Phi) is 5.85. The number of benzene rings is 2. The molecule has 0 radical (unpaired) electrons. The van der Waals surface area contributed by atoms with Crippen LogP contribution in [0.25, 0.3) is 11.5 Å². The predicted molar refractivity (Wildman–Crippen MR) is 111 cm³/mol. The van der Waals surface area contributed by atoms with E-state index in [0.29, 0.717) is 23.8 Å². The summed E-state index contributed by atoms with van der Waals surface area (Å²) in [6, 6.07) is 14.5. The van der Waals surface area contributed by atoms with E-state index < -0.39 is 12.1 Å². The first-order valence-corrected chi connectivity index (χ1v) is 10.2. The number of ether oxygens (including phenoxy) is 2. The van der Waals surface area contributed by atoms with E-state index in [2.05, 4.69) is 15.2 Å². The second kappa shape index (κ2) is 8.87. The average Bonchev–Trinajstić information content (AvgIpc) is 3.45. The van der Waals surface area contributed by atoms with Gasteiger partial charge in [0.25, 0.3) is 5.89 Å². The summed E-state index contributed by atoms with van der Waals surface area (Å²) in [6.45, 7) is 4.03. The fraction of sp³-hybridized carbons (Fsp3) is 0.182. The first-order chi connectivity index (χ1) is 14.6. The Hall–Kier alpha value is -3.52. The number of esters is 1. The topological polar surface area (TPSA) is 87.3 Å². The Labute approximate surface area is 177 Å². The predicted octanol–water partition coefficient (Wildman–Crippen LogP) is 5.00. The van der Waals surface area contributed by atoms with Gasteiger partial charge in [-0.25, -0.2) is 9.78 Å². The van der Waals surface area contributed by atoms with E-state index in [1.54, 1.807) is 36.7 Å². The zero-order chi connectivity index (χ0) is 20.9. The molecule has 0 aliphatic heterocycles. The van der Waals surface area contributed by atoms with Crippen molar-refractivity contribution in [3.63, 3.8) is 0 Å². The monoisotopic (exact) mass is 421 g/mol. The first kappa shape index (κ1) is 19.8. The van der Waals surface area contributed by atoms with Gasteiger partial charge in [-0.05, 0) is 44.2 Å². The summed E-state index contributed by atoms with van der Waals surface area (Å²) in [5.41, 5.74) is 4.90. The fourth-order valence-corrected chi connectivity index (χ4v) is 3.21. The van der Waals surface area contributed by atoms with Crippen LogP contribution in [0.5, 0.6) is 5.75 Å². The van der Waals surface area contributed by atoms with Crippen molar-refractivity contribution in [2.75, 3.05) is 0 Å². The van der Waals surface area contributed by atoms with Crippen molar-refractivity contribution in [1.29, 1.82) is 0 Å². The van der Waals surface area contributed by atoms with Crippen LogP contribution in [0.15, 0.2) is 63.8 Å². The molecule has 1 atom stereocenters. The molecule has 0 saturated heterocycles. The van der Waals surface area contributed by atoms with Gasteiger partial charge in [0.1, 0.15) is 12.4 Å². The summed E-state index contributed by atoms with van der Waals surface area (Å²) < 4.78 is 16.9.